The van der Waals surface area contributed by atoms with Gasteiger partial charge in [-0.15, -0.1) is 0 Å². The van der Waals surface area contributed by atoms with Crippen molar-refractivity contribution in [2.45, 2.75) is 12.8 Å². The van der Waals surface area contributed by atoms with Crippen LogP contribution in [-0.2, 0) is 11.2 Å². The summed E-state index contributed by atoms with van der Waals surface area (Å²) < 4.78 is 2.00. The number of rotatable bonds is 6. The van der Waals surface area contributed by atoms with Gasteiger partial charge in [0.2, 0.25) is 0 Å². The molecule has 6 nitrogen and oxygen atoms in total. The van der Waals surface area contributed by atoms with Crippen molar-refractivity contribution in [1.29, 1.82) is 0 Å². The van der Waals surface area contributed by atoms with Crippen molar-refractivity contribution in [3.63, 3.8) is 0 Å². The largest absolute Gasteiger partial charge is 0.362 e. The molecule has 8 heteroatoms. The number of pyridine rings is 1. The highest BCUT2D eigenvalue weighted by Crippen LogP contribution is 2.33. The summed E-state index contributed by atoms with van der Waals surface area (Å²) in [5, 5.41) is 0. The maximum absolute atomic E-state index is 13.1. The molecule has 0 N–H and O–H groups in total. The number of carbonyl (C=O) groups excluding carboxylic acids is 1. The van der Waals surface area contributed by atoms with E-state index in [0.717, 1.165) is 12.8 Å². The molecule has 31 heavy (non-hydrogen) atoms. The van der Waals surface area contributed by atoms with Crippen molar-refractivity contribution in [2.24, 2.45) is 0 Å². The second-order valence-electron chi connectivity index (χ2n) is 7.40. The summed E-state index contributed by atoms with van der Waals surface area (Å²) in [6.45, 7) is 0.548. The third-order valence-electron chi connectivity index (χ3n) is 5.01. The van der Waals surface area contributed by atoms with Crippen LogP contribution >= 0.6 is 24.0 Å². The Hall–Kier alpha value is -2.97. The Bertz CT molecular complexity index is 1240. The first-order valence-electron chi connectivity index (χ1n) is 9.93. The molecule has 0 radical (unpaired) electrons. The van der Waals surface area contributed by atoms with E-state index in [1.165, 1.54) is 21.7 Å². The molecular formula is C23H22N4O2S2. The topological polar surface area (TPSA) is 57.9 Å². The SMILES string of the molecule is CN(C)c1nc2ccccn2c(=O)c1C=C1SC(=S)N(CCCc2ccccc2)C1=O. The lowest BCUT2D eigenvalue weighted by Gasteiger charge is -2.16. The van der Waals surface area contributed by atoms with E-state index >= 15 is 0 Å². The van der Waals surface area contributed by atoms with Gasteiger partial charge in [0.05, 0.1) is 10.5 Å². The van der Waals surface area contributed by atoms with Gasteiger partial charge in [-0.3, -0.25) is 18.9 Å². The van der Waals surface area contributed by atoms with E-state index in [1.54, 1.807) is 34.2 Å². The van der Waals surface area contributed by atoms with Crippen molar-refractivity contribution in [3.05, 3.63) is 81.1 Å². The molecule has 1 saturated heterocycles. The van der Waals surface area contributed by atoms with Crippen LogP contribution in [0.15, 0.2) is 64.4 Å². The van der Waals surface area contributed by atoms with Gasteiger partial charge >= 0.3 is 0 Å². The van der Waals surface area contributed by atoms with Gasteiger partial charge in [-0.2, -0.15) is 0 Å². The van der Waals surface area contributed by atoms with Gasteiger partial charge in [0, 0.05) is 26.8 Å². The number of anilines is 1. The molecule has 0 saturated carbocycles. The maximum atomic E-state index is 13.1. The van der Waals surface area contributed by atoms with Gasteiger partial charge in [0.1, 0.15) is 15.8 Å². The average molecular weight is 451 g/mol. The van der Waals surface area contributed by atoms with Crippen molar-refractivity contribution >= 4 is 51.7 Å². The molecule has 1 aliphatic heterocycles. The number of benzene rings is 1. The van der Waals surface area contributed by atoms with Crippen molar-refractivity contribution in [2.75, 3.05) is 25.5 Å². The number of carbonyl (C=O) groups is 1. The molecule has 0 spiro atoms. The minimum atomic E-state index is -0.219. The van der Waals surface area contributed by atoms with E-state index in [1.807, 2.05) is 38.4 Å². The number of fused-ring (bicyclic) bond motifs is 1. The lowest BCUT2D eigenvalue weighted by molar-refractivity contribution is -0.122. The van der Waals surface area contributed by atoms with Crippen LogP contribution in [0.3, 0.4) is 0 Å². The van der Waals surface area contributed by atoms with Crippen LogP contribution in [0.2, 0.25) is 0 Å². The number of aryl methyl sites for hydroxylation is 1. The van der Waals surface area contributed by atoms with Crippen LogP contribution in [0.4, 0.5) is 5.82 Å². The summed E-state index contributed by atoms with van der Waals surface area (Å²) in [6, 6.07) is 15.6. The van der Waals surface area contributed by atoms with Gasteiger partial charge in [-0.05, 0) is 36.6 Å². The lowest BCUT2D eigenvalue weighted by atomic mass is 10.1. The molecule has 0 atom stereocenters. The Morgan fingerprint density at radius 2 is 1.84 bits per heavy atom. The van der Waals surface area contributed by atoms with Crippen LogP contribution in [-0.4, -0.2) is 45.2 Å². The highest BCUT2D eigenvalue weighted by atomic mass is 32.2. The smallest absolute Gasteiger partial charge is 0.267 e. The highest BCUT2D eigenvalue weighted by molar-refractivity contribution is 8.26. The van der Waals surface area contributed by atoms with Crippen LogP contribution in [0, 0.1) is 0 Å². The molecule has 0 unspecified atom stereocenters. The lowest BCUT2D eigenvalue weighted by Crippen LogP contribution is -2.29. The Morgan fingerprint density at radius 1 is 1.10 bits per heavy atom. The summed E-state index contributed by atoms with van der Waals surface area (Å²) in [7, 11) is 3.65. The summed E-state index contributed by atoms with van der Waals surface area (Å²) in [5.74, 6) is 0.357. The fourth-order valence-electron chi connectivity index (χ4n) is 3.47. The van der Waals surface area contributed by atoms with E-state index in [9.17, 15) is 9.59 Å². The third kappa shape index (κ3) is 4.40. The van der Waals surface area contributed by atoms with E-state index in [0.29, 0.717) is 32.8 Å². The summed E-state index contributed by atoms with van der Waals surface area (Å²) in [6.07, 6.45) is 4.99. The second-order valence-corrected chi connectivity index (χ2v) is 9.08. The highest BCUT2D eigenvalue weighted by Gasteiger charge is 2.32. The predicted octanol–water partition coefficient (Wildman–Crippen LogP) is 3.59. The molecule has 1 aromatic carbocycles. The van der Waals surface area contributed by atoms with Crippen LogP contribution in [0.5, 0.6) is 0 Å². The molecule has 1 fully saturated rings. The van der Waals surface area contributed by atoms with Crippen LogP contribution in [0.25, 0.3) is 11.7 Å². The van der Waals surface area contributed by atoms with Crippen LogP contribution in [0.1, 0.15) is 17.5 Å². The zero-order valence-electron chi connectivity index (χ0n) is 17.3. The molecule has 2 aromatic heterocycles. The zero-order chi connectivity index (χ0) is 22.0. The number of hydrogen-bond acceptors (Lipinski definition) is 6. The van der Waals surface area contributed by atoms with E-state index < -0.39 is 0 Å². The minimum Gasteiger partial charge on any atom is -0.362 e. The average Bonchev–Trinajstić information content (AvgIpc) is 3.03. The van der Waals surface area contributed by atoms with Crippen LogP contribution < -0.4 is 10.5 Å². The number of thioether (sulfide) groups is 1. The first-order chi connectivity index (χ1) is 15.0. The Kier molecular flexibility index (Phi) is 6.20. The minimum absolute atomic E-state index is 0.162. The number of thiocarbonyl (C=S) groups is 1. The third-order valence-corrected chi connectivity index (χ3v) is 6.39. The van der Waals surface area contributed by atoms with E-state index in [2.05, 4.69) is 17.1 Å². The molecule has 3 aromatic rings. The number of hydrogen-bond donors (Lipinski definition) is 0. The van der Waals surface area contributed by atoms with Gasteiger partial charge in [-0.1, -0.05) is 60.4 Å². The van der Waals surface area contributed by atoms with Gasteiger partial charge < -0.3 is 4.90 Å². The normalized spacial score (nSPS) is 15.3. The molecular weight excluding hydrogens is 428 g/mol. The molecule has 1 aliphatic rings. The standard InChI is InChI=1S/C23H22N4O2S2/c1-25(2)20-17(21(28)26-13-7-6-12-19(26)24-20)15-18-22(29)27(23(30)31-18)14-8-11-16-9-4-3-5-10-16/h3-7,9-10,12-13,15H,8,11,14H2,1-2H3. The zero-order valence-corrected chi connectivity index (χ0v) is 18.9. The Labute approximate surface area is 190 Å². The first-order valence-corrected chi connectivity index (χ1v) is 11.2. The van der Waals surface area contributed by atoms with Crippen molar-refractivity contribution < 1.29 is 4.79 Å². The molecule has 0 bridgehead atoms. The number of nitrogens with zero attached hydrogens (tertiary/aromatic N) is 4. The predicted molar refractivity (Wildman–Crippen MR) is 130 cm³/mol. The van der Waals surface area contributed by atoms with Gasteiger partial charge in [0.25, 0.3) is 11.5 Å². The van der Waals surface area contributed by atoms with E-state index in [4.69, 9.17) is 12.2 Å². The maximum Gasteiger partial charge on any atom is 0.267 e. The molecule has 1 amide bonds. The molecule has 4 rings (SSSR count). The summed E-state index contributed by atoms with van der Waals surface area (Å²) in [4.78, 5) is 34.6. The fourth-order valence-corrected chi connectivity index (χ4v) is 4.76. The van der Waals surface area contributed by atoms with E-state index in [-0.39, 0.29) is 11.5 Å². The molecule has 158 valence electrons. The summed E-state index contributed by atoms with van der Waals surface area (Å²) in [5.41, 5.74) is 1.94. The van der Waals surface area contributed by atoms with Gasteiger partial charge in [0.15, 0.2) is 0 Å². The monoisotopic (exact) mass is 450 g/mol. The second kappa shape index (κ2) is 9.03. The molecule has 0 aliphatic carbocycles. The first kappa shape index (κ1) is 21.3. The van der Waals surface area contributed by atoms with Gasteiger partial charge in [-0.25, -0.2) is 4.98 Å². The number of aromatic nitrogens is 2. The number of amides is 1. The van der Waals surface area contributed by atoms with Crippen molar-refractivity contribution in [3.8, 4) is 0 Å². The summed E-state index contributed by atoms with van der Waals surface area (Å²) >= 11 is 6.68. The quantitative estimate of drug-likeness (QED) is 0.423. The molecule has 3 heterocycles. The fraction of sp³-hybridized carbons (Fsp3) is 0.217. The van der Waals surface area contributed by atoms with Crippen molar-refractivity contribution in [1.82, 2.24) is 14.3 Å². The Balaban J connectivity index is 1.60. The Morgan fingerprint density at radius 3 is 2.58 bits per heavy atom.